The molecule has 112 valence electrons. The molecule has 1 aliphatic rings. The fourth-order valence-electron chi connectivity index (χ4n) is 2.51. The van der Waals surface area contributed by atoms with Crippen LogP contribution in [0.2, 0.25) is 0 Å². The molecule has 1 fully saturated rings. The summed E-state index contributed by atoms with van der Waals surface area (Å²) >= 11 is 0. The Morgan fingerprint density at radius 3 is 2.67 bits per heavy atom. The van der Waals surface area contributed by atoms with Crippen LogP contribution in [0.3, 0.4) is 0 Å². The first kappa shape index (κ1) is 13.7. The first-order valence-corrected chi connectivity index (χ1v) is 7.46. The first-order chi connectivity index (χ1) is 10.3. The van der Waals surface area contributed by atoms with Crippen molar-refractivity contribution in [2.75, 3.05) is 17.2 Å². The molecule has 0 radical (unpaired) electrons. The van der Waals surface area contributed by atoms with Gasteiger partial charge in [-0.25, -0.2) is 4.98 Å². The molecule has 8 heteroatoms. The van der Waals surface area contributed by atoms with Crippen LogP contribution >= 0.6 is 0 Å². The molecule has 0 bridgehead atoms. The number of nitrogens with one attached hydrogen (secondary N) is 2. The molecule has 2 N–H and O–H groups in total. The third-order valence-corrected chi connectivity index (χ3v) is 3.52. The van der Waals surface area contributed by atoms with Gasteiger partial charge < -0.3 is 10.6 Å². The number of hydrogen-bond acceptors (Lipinski definition) is 7. The summed E-state index contributed by atoms with van der Waals surface area (Å²) in [4.78, 5) is 17.1. The van der Waals surface area contributed by atoms with Gasteiger partial charge >= 0.3 is 0 Å². The Morgan fingerprint density at radius 1 is 1.14 bits per heavy atom. The van der Waals surface area contributed by atoms with Crippen molar-refractivity contribution in [1.82, 2.24) is 29.7 Å². The number of rotatable bonds is 5. The molecule has 1 aliphatic carbocycles. The van der Waals surface area contributed by atoms with Gasteiger partial charge in [0.15, 0.2) is 0 Å². The molecular formula is C13H20N8. The molecule has 0 saturated heterocycles. The van der Waals surface area contributed by atoms with Crippen molar-refractivity contribution in [2.24, 2.45) is 0 Å². The van der Waals surface area contributed by atoms with Crippen molar-refractivity contribution in [3.05, 3.63) is 12.7 Å². The highest BCUT2D eigenvalue weighted by Gasteiger charge is 2.16. The van der Waals surface area contributed by atoms with Crippen molar-refractivity contribution in [3.8, 4) is 5.95 Å². The van der Waals surface area contributed by atoms with Gasteiger partial charge in [-0.3, -0.25) is 0 Å². The molecule has 0 aliphatic heterocycles. The van der Waals surface area contributed by atoms with Gasteiger partial charge in [0, 0.05) is 12.6 Å². The molecule has 8 nitrogen and oxygen atoms in total. The maximum absolute atomic E-state index is 4.44. The second kappa shape index (κ2) is 6.47. The van der Waals surface area contributed by atoms with Crippen LogP contribution in [0.4, 0.5) is 11.9 Å². The molecular weight excluding hydrogens is 268 g/mol. The van der Waals surface area contributed by atoms with Crippen molar-refractivity contribution in [1.29, 1.82) is 0 Å². The van der Waals surface area contributed by atoms with Crippen LogP contribution in [0.15, 0.2) is 12.7 Å². The van der Waals surface area contributed by atoms with Crippen LogP contribution in [0.1, 0.15) is 39.0 Å². The molecule has 0 aromatic carbocycles. The maximum Gasteiger partial charge on any atom is 0.258 e. The normalized spacial score (nSPS) is 15.9. The summed E-state index contributed by atoms with van der Waals surface area (Å²) in [6, 6.07) is 0.444. The van der Waals surface area contributed by atoms with Crippen LogP contribution in [-0.2, 0) is 0 Å². The van der Waals surface area contributed by atoms with Crippen LogP contribution in [-0.4, -0.2) is 42.3 Å². The second-order valence-electron chi connectivity index (χ2n) is 5.13. The molecule has 0 amide bonds. The average molecular weight is 288 g/mol. The highest BCUT2D eigenvalue weighted by molar-refractivity contribution is 5.38. The van der Waals surface area contributed by atoms with E-state index in [9.17, 15) is 0 Å². The SMILES string of the molecule is CCNc1nc(NC2CCCCC2)nc(-n2cncn2)n1. The minimum atomic E-state index is 0.444. The van der Waals surface area contributed by atoms with Gasteiger partial charge in [0.25, 0.3) is 5.95 Å². The Balaban J connectivity index is 1.84. The zero-order valence-corrected chi connectivity index (χ0v) is 12.2. The zero-order valence-electron chi connectivity index (χ0n) is 12.2. The quantitative estimate of drug-likeness (QED) is 0.863. The lowest BCUT2D eigenvalue weighted by Gasteiger charge is -2.22. The van der Waals surface area contributed by atoms with Crippen molar-refractivity contribution in [3.63, 3.8) is 0 Å². The Labute approximate surface area is 123 Å². The predicted octanol–water partition coefficient (Wildman–Crippen LogP) is 1.63. The van der Waals surface area contributed by atoms with E-state index in [2.05, 4.69) is 35.7 Å². The number of hydrogen-bond donors (Lipinski definition) is 2. The summed E-state index contributed by atoms with van der Waals surface area (Å²) in [5.74, 6) is 1.62. The lowest BCUT2D eigenvalue weighted by atomic mass is 9.96. The fourth-order valence-corrected chi connectivity index (χ4v) is 2.51. The van der Waals surface area contributed by atoms with Crippen molar-refractivity contribution >= 4 is 11.9 Å². The standard InChI is InChI=1S/C13H20N8/c1-2-15-11-18-12(17-10-6-4-3-5-7-10)20-13(19-11)21-9-14-8-16-21/h8-10H,2-7H2,1H3,(H2,15,17,18,19,20). The van der Waals surface area contributed by atoms with E-state index in [0.717, 1.165) is 6.54 Å². The average Bonchev–Trinajstić information content (AvgIpc) is 3.03. The van der Waals surface area contributed by atoms with Crippen molar-refractivity contribution < 1.29 is 0 Å². The molecule has 0 atom stereocenters. The van der Waals surface area contributed by atoms with E-state index in [0.29, 0.717) is 23.9 Å². The van der Waals surface area contributed by atoms with Gasteiger partial charge in [0.1, 0.15) is 12.7 Å². The summed E-state index contributed by atoms with van der Waals surface area (Å²) in [6.45, 7) is 2.76. The summed E-state index contributed by atoms with van der Waals surface area (Å²) in [7, 11) is 0. The van der Waals surface area contributed by atoms with Gasteiger partial charge in [0.05, 0.1) is 0 Å². The maximum atomic E-state index is 4.44. The Hall–Kier alpha value is -2.25. The second-order valence-corrected chi connectivity index (χ2v) is 5.13. The zero-order chi connectivity index (χ0) is 14.5. The molecule has 2 aromatic heterocycles. The predicted molar refractivity (Wildman–Crippen MR) is 79.4 cm³/mol. The van der Waals surface area contributed by atoms with E-state index in [-0.39, 0.29) is 0 Å². The van der Waals surface area contributed by atoms with Gasteiger partial charge in [-0.05, 0) is 19.8 Å². The van der Waals surface area contributed by atoms with Gasteiger partial charge in [-0.2, -0.15) is 24.7 Å². The highest BCUT2D eigenvalue weighted by Crippen LogP contribution is 2.20. The molecule has 1 saturated carbocycles. The molecule has 0 spiro atoms. The third-order valence-electron chi connectivity index (χ3n) is 3.52. The summed E-state index contributed by atoms with van der Waals surface area (Å²) in [5.41, 5.74) is 0. The molecule has 2 heterocycles. The molecule has 0 unspecified atom stereocenters. The monoisotopic (exact) mass is 288 g/mol. The smallest absolute Gasteiger partial charge is 0.258 e. The minimum Gasteiger partial charge on any atom is -0.354 e. The Morgan fingerprint density at radius 2 is 1.95 bits per heavy atom. The summed E-state index contributed by atoms with van der Waals surface area (Å²) in [5, 5.41) is 10.6. The largest absolute Gasteiger partial charge is 0.354 e. The lowest BCUT2D eigenvalue weighted by molar-refractivity contribution is 0.460. The third kappa shape index (κ3) is 3.45. The molecule has 21 heavy (non-hydrogen) atoms. The van der Waals surface area contributed by atoms with Gasteiger partial charge in [-0.15, -0.1) is 0 Å². The Bertz CT molecular complexity index is 562. The Kier molecular flexibility index (Phi) is 4.23. The van der Waals surface area contributed by atoms with Crippen LogP contribution in [0, 0.1) is 0 Å². The van der Waals surface area contributed by atoms with Gasteiger partial charge in [0.2, 0.25) is 11.9 Å². The van der Waals surface area contributed by atoms with Crippen molar-refractivity contribution in [2.45, 2.75) is 45.1 Å². The number of aromatic nitrogens is 6. The number of nitrogens with zero attached hydrogens (tertiary/aromatic N) is 6. The summed E-state index contributed by atoms with van der Waals surface area (Å²) in [6.07, 6.45) is 9.22. The van der Waals surface area contributed by atoms with E-state index in [4.69, 9.17) is 0 Å². The number of anilines is 2. The van der Waals surface area contributed by atoms with E-state index in [1.807, 2.05) is 6.92 Å². The minimum absolute atomic E-state index is 0.444. The fraction of sp³-hybridized carbons (Fsp3) is 0.615. The van der Waals surface area contributed by atoms with E-state index >= 15 is 0 Å². The van der Waals surface area contributed by atoms with Crippen LogP contribution in [0.25, 0.3) is 5.95 Å². The van der Waals surface area contributed by atoms with Crippen LogP contribution in [0.5, 0.6) is 0 Å². The lowest BCUT2D eigenvalue weighted by Crippen LogP contribution is -2.24. The van der Waals surface area contributed by atoms with Crippen LogP contribution < -0.4 is 10.6 Å². The van der Waals surface area contributed by atoms with E-state index in [1.54, 1.807) is 6.33 Å². The summed E-state index contributed by atoms with van der Waals surface area (Å²) < 4.78 is 1.54. The molecule has 3 rings (SSSR count). The van der Waals surface area contributed by atoms with E-state index in [1.165, 1.54) is 43.1 Å². The molecule has 2 aromatic rings. The highest BCUT2D eigenvalue weighted by atomic mass is 15.4. The van der Waals surface area contributed by atoms with Gasteiger partial charge in [-0.1, -0.05) is 19.3 Å². The first-order valence-electron chi connectivity index (χ1n) is 7.46. The van der Waals surface area contributed by atoms with E-state index < -0.39 is 0 Å². The topological polar surface area (TPSA) is 93.4 Å².